The van der Waals surface area contributed by atoms with Crippen LogP contribution in [0.25, 0.3) is 0 Å². The second-order valence-electron chi connectivity index (χ2n) is 1.67. The minimum absolute atomic E-state index is 0. The molecule has 0 aliphatic heterocycles. The molecule has 1 unspecified atom stereocenters. The van der Waals surface area contributed by atoms with E-state index in [1.165, 1.54) is 20.8 Å². The molecule has 0 aliphatic carbocycles. The average Bonchev–Trinajstić information content (AvgIpc) is 2.00. The maximum absolute atomic E-state index is 9.44. The van der Waals surface area contributed by atoms with Crippen LogP contribution < -0.4 is 169 Å². The molecule has 0 aliphatic rings. The Bertz CT molecular complexity index is 357. The summed E-state index contributed by atoms with van der Waals surface area (Å²) in [4.78, 5) is 35.7. The number of hydrogen-bond acceptors (Lipinski definition) is 9. The van der Waals surface area contributed by atoms with Gasteiger partial charge in [-0.2, -0.15) is 15.8 Å². The first-order valence-electron chi connectivity index (χ1n) is 3.65. The fourth-order valence-electron chi connectivity index (χ4n) is 0.126. The summed E-state index contributed by atoms with van der Waals surface area (Å²) < 4.78 is 21.4. The maximum Gasteiger partial charge on any atom is 1.00 e. The van der Waals surface area contributed by atoms with Crippen LogP contribution in [0.15, 0.2) is 0 Å². The van der Waals surface area contributed by atoms with Gasteiger partial charge in [0.1, 0.15) is 0 Å². The van der Waals surface area contributed by atoms with Crippen molar-refractivity contribution >= 4 is 15.6 Å². The Kier molecular flexibility index (Phi) is 66.2. The number of nitrogens with zero attached hydrogens (tertiary/aromatic N) is 3. The second-order valence-corrected chi connectivity index (χ2v) is 4.15. The molecule has 0 radical (unpaired) electrons. The third-order valence-corrected chi connectivity index (χ3v) is 1.83. The first-order valence-corrected chi connectivity index (χ1v) is 6.60. The van der Waals surface area contributed by atoms with Gasteiger partial charge in [0, 0.05) is 20.8 Å². The minimum Gasteiger partial charge on any atom is -0.790 e. The molecule has 15 heteroatoms. The van der Waals surface area contributed by atoms with Gasteiger partial charge in [-0.3, -0.25) is 8.88 Å². The van der Waals surface area contributed by atoms with E-state index >= 15 is 0 Å². The molecule has 1 N–H and O–H groups in total. The van der Waals surface area contributed by atoms with Crippen LogP contribution in [0.2, 0.25) is 0 Å². The molecule has 0 aromatic carbocycles. The van der Waals surface area contributed by atoms with E-state index < -0.39 is 15.6 Å². The summed E-state index contributed by atoms with van der Waals surface area (Å²) in [6.45, 7) is 4.29. The topological polar surface area (TPSA) is 204 Å². The van der Waals surface area contributed by atoms with E-state index in [1.54, 1.807) is 18.2 Å². The van der Waals surface area contributed by atoms with Crippen molar-refractivity contribution in [2.75, 3.05) is 0 Å². The van der Waals surface area contributed by atoms with E-state index in [4.69, 9.17) is 20.7 Å². The third kappa shape index (κ3) is 119. The van der Waals surface area contributed by atoms with Gasteiger partial charge in [0.2, 0.25) is 0 Å². The average molecular weight is 415 g/mol. The molecule has 104 valence electrons. The van der Waals surface area contributed by atoms with Gasteiger partial charge >= 0.3 is 154 Å². The summed E-state index contributed by atoms with van der Waals surface area (Å²) in [6, 6.07) is 5.25. The Morgan fingerprint density at radius 1 is 0.857 bits per heavy atom. The minimum atomic E-state index is -5.61. The number of phosphoric acid groups is 2. The second kappa shape index (κ2) is 31.4. The van der Waals surface area contributed by atoms with Crippen molar-refractivity contribution in [1.29, 1.82) is 15.8 Å². The zero-order valence-electron chi connectivity index (χ0n) is 12.6. The molecule has 0 bridgehead atoms. The van der Waals surface area contributed by atoms with Crippen LogP contribution >= 0.6 is 15.6 Å². The molecule has 0 amide bonds. The van der Waals surface area contributed by atoms with Crippen molar-refractivity contribution in [3.63, 3.8) is 0 Å². The zero-order chi connectivity index (χ0) is 15.8. The molecule has 0 rings (SSSR count). The van der Waals surface area contributed by atoms with Gasteiger partial charge in [-0.05, 0) is 0 Å². The Balaban J connectivity index is -0.0000000280. The van der Waals surface area contributed by atoms with Crippen molar-refractivity contribution in [3.05, 3.63) is 0 Å². The summed E-state index contributed by atoms with van der Waals surface area (Å²) in [5.74, 6) is 0. The van der Waals surface area contributed by atoms with Crippen LogP contribution in [0.4, 0.5) is 0 Å². The summed E-state index contributed by atoms with van der Waals surface area (Å²) in [5.41, 5.74) is 0. The molecule has 1 atom stereocenters. The van der Waals surface area contributed by atoms with E-state index in [-0.39, 0.29) is 154 Å². The number of hydrogen-bond donors (Lipinski definition) is 1. The molecule has 0 aromatic rings. The monoisotopic (exact) mass is 415 g/mol. The summed E-state index contributed by atoms with van der Waals surface area (Å²) in [7, 11) is -11.0. The maximum atomic E-state index is 9.44. The molecule has 0 aromatic heterocycles. The van der Waals surface area contributed by atoms with E-state index in [9.17, 15) is 23.8 Å². The number of nitriles is 3. The summed E-state index contributed by atoms with van der Waals surface area (Å²) >= 11 is 0. The zero-order valence-corrected chi connectivity index (χ0v) is 23.8. The fourth-order valence-corrected chi connectivity index (χ4v) is 1.14. The Hall–Kier alpha value is 3.64. The van der Waals surface area contributed by atoms with Crippen LogP contribution in [-0.2, 0) is 13.4 Å². The normalized spacial score (nSPS) is 9.33. The Labute approximate surface area is 251 Å². The van der Waals surface area contributed by atoms with Crippen molar-refractivity contribution < 1.29 is 187 Å². The molecule has 0 fully saturated rings. The largest absolute Gasteiger partial charge is 1.00 e. The van der Waals surface area contributed by atoms with Crippen molar-refractivity contribution in [3.8, 4) is 18.2 Å². The van der Waals surface area contributed by atoms with Gasteiger partial charge < -0.3 is 24.1 Å². The smallest absolute Gasteiger partial charge is 0.790 e. The van der Waals surface area contributed by atoms with E-state index in [1.807, 2.05) is 0 Å². The predicted octanol–water partition coefficient (Wildman–Crippen LogP) is -10.1. The van der Waals surface area contributed by atoms with Crippen molar-refractivity contribution in [2.24, 2.45) is 0 Å². The molecule has 0 saturated carbocycles. The standard InChI is InChI=1S/3C2H3N.3K.H4O7P2/c3*1-2-3;;;;1-8(2,3)7-9(4,5)6/h3*1H3;;;;(H2,1,2,3)(H2,4,5,6)/q;;;3*+1;/p-3. The summed E-state index contributed by atoms with van der Waals surface area (Å²) in [6.07, 6.45) is 0. The Morgan fingerprint density at radius 2 is 1.00 bits per heavy atom. The van der Waals surface area contributed by atoms with Gasteiger partial charge in [-0.15, -0.1) is 0 Å². The van der Waals surface area contributed by atoms with Gasteiger partial charge in [0.15, 0.2) is 0 Å². The van der Waals surface area contributed by atoms with Crippen LogP contribution in [0, 0.1) is 34.0 Å². The number of rotatable bonds is 2. The van der Waals surface area contributed by atoms with Gasteiger partial charge in [-0.25, -0.2) is 0 Å². The van der Waals surface area contributed by atoms with E-state index in [2.05, 4.69) is 4.31 Å². The van der Waals surface area contributed by atoms with Crippen molar-refractivity contribution in [1.82, 2.24) is 0 Å². The van der Waals surface area contributed by atoms with Gasteiger partial charge in [0.05, 0.1) is 26.0 Å². The van der Waals surface area contributed by atoms with E-state index in [0.29, 0.717) is 0 Å². The van der Waals surface area contributed by atoms with Crippen LogP contribution in [0.3, 0.4) is 0 Å². The molecular formula is C6H10K3N3O7P2. The molecule has 0 spiro atoms. The van der Waals surface area contributed by atoms with Crippen molar-refractivity contribution in [2.45, 2.75) is 20.8 Å². The third-order valence-electron chi connectivity index (χ3n) is 0.203. The molecule has 0 saturated heterocycles. The fraction of sp³-hybridized carbons (Fsp3) is 0.500. The van der Waals surface area contributed by atoms with Gasteiger partial charge in [0.25, 0.3) is 7.82 Å². The molecule has 0 heterocycles. The first-order chi connectivity index (χ1) is 7.95. The van der Waals surface area contributed by atoms with E-state index in [0.717, 1.165) is 0 Å². The summed E-state index contributed by atoms with van der Waals surface area (Å²) in [5, 5.41) is 22.0. The quantitative estimate of drug-likeness (QED) is 0.333. The van der Waals surface area contributed by atoms with Crippen LogP contribution in [0.1, 0.15) is 20.8 Å². The SMILES string of the molecule is CC#N.CC#N.CC#N.O=P([O-])([O-])OP(=O)([O-])O.[K+].[K+].[K+]. The predicted molar refractivity (Wildman–Crippen MR) is 52.4 cm³/mol. The molecule has 10 nitrogen and oxygen atoms in total. The Morgan fingerprint density at radius 3 is 1.00 bits per heavy atom. The first kappa shape index (κ1) is 44.3. The van der Waals surface area contributed by atoms with Gasteiger partial charge in [-0.1, -0.05) is 0 Å². The van der Waals surface area contributed by atoms with Crippen LogP contribution in [0.5, 0.6) is 0 Å². The molecule has 21 heavy (non-hydrogen) atoms. The molecular weight excluding hydrogens is 405 g/mol. The van der Waals surface area contributed by atoms with Crippen LogP contribution in [-0.4, -0.2) is 4.89 Å².